The van der Waals surface area contributed by atoms with Gasteiger partial charge in [-0.2, -0.15) is 0 Å². The van der Waals surface area contributed by atoms with Crippen molar-refractivity contribution in [1.29, 1.82) is 0 Å². The van der Waals surface area contributed by atoms with Crippen molar-refractivity contribution in [3.63, 3.8) is 0 Å². The summed E-state index contributed by atoms with van der Waals surface area (Å²) in [7, 11) is 3.38. The van der Waals surface area contributed by atoms with Crippen molar-refractivity contribution in [2.75, 3.05) is 19.8 Å². The quantitative estimate of drug-likeness (QED) is 0.759. The van der Waals surface area contributed by atoms with Crippen LogP contribution in [0.15, 0.2) is 48.9 Å². The van der Waals surface area contributed by atoms with Crippen molar-refractivity contribution >= 4 is 35.7 Å². The van der Waals surface area contributed by atoms with Crippen molar-refractivity contribution in [3.8, 4) is 17.1 Å². The van der Waals surface area contributed by atoms with E-state index in [4.69, 9.17) is 17.3 Å². The monoisotopic (exact) mass is 377 g/mol. The summed E-state index contributed by atoms with van der Waals surface area (Å²) in [6.07, 6.45) is 5.14. The molecule has 0 aliphatic rings. The van der Waals surface area contributed by atoms with Crippen molar-refractivity contribution in [2.24, 2.45) is 0 Å². The number of nitrogens with zero attached hydrogens (tertiary/aromatic N) is 4. The van der Waals surface area contributed by atoms with Crippen LogP contribution in [0.4, 0.5) is 5.82 Å². The summed E-state index contributed by atoms with van der Waals surface area (Å²) in [5.74, 6) is 0.966. The number of benzene rings is 1. The van der Waals surface area contributed by atoms with E-state index in [9.17, 15) is 4.79 Å². The van der Waals surface area contributed by atoms with Crippen LogP contribution in [0.2, 0.25) is 5.02 Å². The van der Waals surface area contributed by atoms with Crippen LogP contribution < -0.4 is 5.73 Å². The first-order valence-electron chi connectivity index (χ1n) is 7.24. The Balaban J connectivity index is 0.00000225. The van der Waals surface area contributed by atoms with Gasteiger partial charge in [-0.1, -0.05) is 11.6 Å². The Bertz CT molecular complexity index is 908. The molecule has 8 heteroatoms. The van der Waals surface area contributed by atoms with Crippen molar-refractivity contribution in [2.45, 2.75) is 0 Å². The van der Waals surface area contributed by atoms with E-state index >= 15 is 0 Å². The predicted octanol–water partition coefficient (Wildman–Crippen LogP) is 3.29. The molecule has 0 saturated heterocycles. The molecule has 0 radical (unpaired) electrons. The van der Waals surface area contributed by atoms with Crippen LogP contribution in [0.25, 0.3) is 17.1 Å². The molecule has 2 N–H and O–H groups in total. The Morgan fingerprint density at radius 1 is 1.16 bits per heavy atom. The van der Waals surface area contributed by atoms with Gasteiger partial charge in [0.15, 0.2) is 0 Å². The zero-order valence-electron chi connectivity index (χ0n) is 13.7. The molecule has 0 aliphatic carbocycles. The Morgan fingerprint density at radius 3 is 2.60 bits per heavy atom. The van der Waals surface area contributed by atoms with Crippen LogP contribution >= 0.6 is 24.0 Å². The molecule has 1 aromatic carbocycles. The highest BCUT2D eigenvalue weighted by Crippen LogP contribution is 2.26. The standard InChI is InChI=1S/C17H16ClN5O.ClH/c1-22(2)17(24)13-10-12(3-4-14(13)18)23-8-7-21-16(23)11-5-6-20-15(19)9-11;/h3-10H,1-2H3,(H2,19,20);1H. The third-order valence-electron chi connectivity index (χ3n) is 3.54. The van der Waals surface area contributed by atoms with Gasteiger partial charge in [-0.3, -0.25) is 9.36 Å². The Labute approximate surface area is 156 Å². The maximum Gasteiger partial charge on any atom is 0.254 e. The van der Waals surface area contributed by atoms with Crippen LogP contribution in [0.5, 0.6) is 0 Å². The molecule has 0 unspecified atom stereocenters. The molecule has 3 aromatic rings. The van der Waals surface area contributed by atoms with Gasteiger partial charge in [-0.15, -0.1) is 12.4 Å². The number of carbonyl (C=O) groups excluding carboxylic acids is 1. The number of nitrogens with two attached hydrogens (primary N) is 1. The van der Waals surface area contributed by atoms with Crippen LogP contribution in [0, 0.1) is 0 Å². The number of anilines is 1. The van der Waals surface area contributed by atoms with Crippen LogP contribution in [0.1, 0.15) is 10.4 Å². The van der Waals surface area contributed by atoms with Crippen LogP contribution in [-0.4, -0.2) is 39.4 Å². The average molecular weight is 378 g/mol. The lowest BCUT2D eigenvalue weighted by atomic mass is 10.1. The van der Waals surface area contributed by atoms with Crippen molar-refractivity contribution < 1.29 is 4.79 Å². The second-order valence-corrected chi connectivity index (χ2v) is 5.86. The van der Waals surface area contributed by atoms with Gasteiger partial charge in [0.05, 0.1) is 10.6 Å². The molecular weight excluding hydrogens is 361 g/mol. The molecular formula is C17H17Cl2N5O. The molecule has 0 atom stereocenters. The largest absolute Gasteiger partial charge is 0.384 e. The lowest BCUT2D eigenvalue weighted by Gasteiger charge is -2.14. The van der Waals surface area contributed by atoms with E-state index in [0.29, 0.717) is 22.2 Å². The third kappa shape index (κ3) is 3.75. The first-order chi connectivity index (χ1) is 11.5. The minimum Gasteiger partial charge on any atom is -0.384 e. The highest BCUT2D eigenvalue weighted by atomic mass is 35.5. The van der Waals surface area contributed by atoms with Crippen LogP contribution in [0.3, 0.4) is 0 Å². The fourth-order valence-corrected chi connectivity index (χ4v) is 2.58. The lowest BCUT2D eigenvalue weighted by Crippen LogP contribution is -2.22. The normalized spacial score (nSPS) is 10.2. The van der Waals surface area contributed by atoms with E-state index < -0.39 is 0 Å². The fourth-order valence-electron chi connectivity index (χ4n) is 2.38. The summed E-state index contributed by atoms with van der Waals surface area (Å²) < 4.78 is 1.87. The number of amides is 1. The number of rotatable bonds is 3. The Hall–Kier alpha value is -2.57. The SMILES string of the molecule is CN(C)C(=O)c1cc(-n2ccnc2-c2ccnc(N)c2)ccc1Cl.Cl. The minimum absolute atomic E-state index is 0. The van der Waals surface area contributed by atoms with Crippen LogP contribution in [-0.2, 0) is 0 Å². The molecule has 2 aromatic heterocycles. The summed E-state index contributed by atoms with van der Waals surface area (Å²) in [6.45, 7) is 0. The minimum atomic E-state index is -0.156. The van der Waals surface area contributed by atoms with E-state index in [-0.39, 0.29) is 18.3 Å². The Morgan fingerprint density at radius 2 is 1.92 bits per heavy atom. The molecule has 1 amide bonds. The Kier molecular flexibility index (Phi) is 5.66. The van der Waals surface area contributed by atoms with Gasteiger partial charge in [0.2, 0.25) is 0 Å². The molecule has 2 heterocycles. The van der Waals surface area contributed by atoms with Gasteiger partial charge in [-0.25, -0.2) is 9.97 Å². The molecule has 0 spiro atoms. The molecule has 0 bridgehead atoms. The predicted molar refractivity (Wildman–Crippen MR) is 101 cm³/mol. The van der Waals surface area contributed by atoms with E-state index in [0.717, 1.165) is 11.3 Å². The van der Waals surface area contributed by atoms with Crippen molar-refractivity contribution in [1.82, 2.24) is 19.4 Å². The maximum atomic E-state index is 12.3. The number of aromatic nitrogens is 3. The fraction of sp³-hybridized carbons (Fsp3) is 0.118. The number of pyridine rings is 1. The van der Waals surface area contributed by atoms with E-state index in [1.807, 2.05) is 22.9 Å². The molecule has 0 fully saturated rings. The number of nitrogen functional groups attached to an aromatic ring is 1. The number of carbonyl (C=O) groups is 1. The van der Waals surface area contributed by atoms with Gasteiger partial charge in [0.25, 0.3) is 5.91 Å². The summed E-state index contributed by atoms with van der Waals surface area (Å²) in [5, 5.41) is 0.410. The first kappa shape index (κ1) is 18.8. The molecule has 0 saturated carbocycles. The van der Waals surface area contributed by atoms with Gasteiger partial charge in [-0.05, 0) is 30.3 Å². The van der Waals surface area contributed by atoms with Gasteiger partial charge in [0, 0.05) is 43.9 Å². The molecule has 3 rings (SSSR count). The zero-order valence-corrected chi connectivity index (χ0v) is 15.3. The van der Waals surface area contributed by atoms with E-state index in [1.165, 1.54) is 4.90 Å². The number of hydrogen-bond donors (Lipinski definition) is 1. The topological polar surface area (TPSA) is 77.0 Å². The maximum absolute atomic E-state index is 12.3. The molecule has 130 valence electrons. The first-order valence-corrected chi connectivity index (χ1v) is 7.62. The number of halogens is 2. The summed E-state index contributed by atoms with van der Waals surface area (Å²) >= 11 is 6.18. The van der Waals surface area contributed by atoms with Gasteiger partial charge in [0.1, 0.15) is 11.6 Å². The summed E-state index contributed by atoms with van der Waals surface area (Å²) in [6, 6.07) is 8.88. The summed E-state index contributed by atoms with van der Waals surface area (Å²) in [5.41, 5.74) is 7.81. The van der Waals surface area contributed by atoms with Gasteiger partial charge < -0.3 is 10.6 Å². The average Bonchev–Trinajstić information content (AvgIpc) is 3.04. The lowest BCUT2D eigenvalue weighted by molar-refractivity contribution is 0.0827. The van der Waals surface area contributed by atoms with Crippen molar-refractivity contribution in [3.05, 3.63) is 59.5 Å². The number of imidazole rings is 1. The second-order valence-electron chi connectivity index (χ2n) is 5.45. The highest BCUT2D eigenvalue weighted by Gasteiger charge is 2.15. The smallest absolute Gasteiger partial charge is 0.254 e. The van der Waals surface area contributed by atoms with E-state index in [2.05, 4.69) is 9.97 Å². The zero-order chi connectivity index (χ0) is 17.3. The van der Waals surface area contributed by atoms with Gasteiger partial charge >= 0.3 is 0 Å². The molecule has 25 heavy (non-hydrogen) atoms. The van der Waals surface area contributed by atoms with E-state index in [1.54, 1.807) is 44.7 Å². The summed E-state index contributed by atoms with van der Waals surface area (Å²) in [4.78, 5) is 22.1. The second kappa shape index (κ2) is 7.55. The highest BCUT2D eigenvalue weighted by molar-refractivity contribution is 6.33. The molecule has 6 nitrogen and oxygen atoms in total. The molecule has 0 aliphatic heterocycles. The third-order valence-corrected chi connectivity index (χ3v) is 3.87. The number of hydrogen-bond acceptors (Lipinski definition) is 4.